The first kappa shape index (κ1) is 12.7. The molecule has 1 aliphatic carbocycles. The molecule has 2 aromatic rings. The van der Waals surface area contributed by atoms with Crippen LogP contribution < -0.4 is 5.32 Å². The maximum atomic E-state index is 12.2. The molecule has 1 aliphatic rings. The van der Waals surface area contributed by atoms with Crippen LogP contribution in [0.1, 0.15) is 17.9 Å². The normalized spacial score (nSPS) is 20.9. The van der Waals surface area contributed by atoms with E-state index in [1.807, 2.05) is 42.5 Å². The van der Waals surface area contributed by atoms with Crippen molar-refractivity contribution < 1.29 is 4.79 Å². The number of hydrogen-bond donors (Lipinski definition) is 1. The van der Waals surface area contributed by atoms with Crippen LogP contribution in [0.4, 0.5) is 5.69 Å². The Morgan fingerprint density at radius 2 is 1.89 bits per heavy atom. The van der Waals surface area contributed by atoms with Gasteiger partial charge in [-0.2, -0.15) is 0 Å². The molecule has 0 radical (unpaired) electrons. The number of hydrogen-bond acceptors (Lipinski definition) is 1. The molecule has 0 heterocycles. The second-order valence-corrected chi connectivity index (χ2v) is 6.10. The molecule has 1 fully saturated rings. The summed E-state index contributed by atoms with van der Waals surface area (Å²) in [6.45, 7) is 0. The van der Waals surface area contributed by atoms with Crippen molar-refractivity contribution in [2.75, 3.05) is 5.32 Å². The van der Waals surface area contributed by atoms with Crippen molar-refractivity contribution in [2.45, 2.75) is 12.3 Å². The molecule has 19 heavy (non-hydrogen) atoms. The number of amides is 1. The molecule has 96 valence electrons. The van der Waals surface area contributed by atoms with Crippen molar-refractivity contribution in [1.29, 1.82) is 0 Å². The topological polar surface area (TPSA) is 29.1 Å². The average molecular weight is 363 g/mol. The first-order chi connectivity index (χ1) is 9.24. The van der Waals surface area contributed by atoms with Gasteiger partial charge in [0.1, 0.15) is 0 Å². The molecule has 2 aromatic carbocycles. The van der Waals surface area contributed by atoms with Gasteiger partial charge in [0, 0.05) is 15.2 Å². The third-order valence-corrected chi connectivity index (χ3v) is 4.12. The summed E-state index contributed by atoms with van der Waals surface area (Å²) in [4.78, 5) is 12.2. The van der Waals surface area contributed by atoms with E-state index in [0.29, 0.717) is 5.92 Å². The van der Waals surface area contributed by atoms with E-state index in [1.54, 1.807) is 0 Å². The summed E-state index contributed by atoms with van der Waals surface area (Å²) < 4.78 is 1.13. The zero-order chi connectivity index (χ0) is 13.2. The predicted octanol–water partition coefficient (Wildman–Crippen LogP) is 4.03. The van der Waals surface area contributed by atoms with Crippen molar-refractivity contribution in [2.24, 2.45) is 5.92 Å². The fraction of sp³-hybridized carbons (Fsp3) is 0.188. The van der Waals surface area contributed by atoms with Crippen molar-refractivity contribution in [3.8, 4) is 0 Å². The average Bonchev–Trinajstić information content (AvgIpc) is 3.20. The van der Waals surface area contributed by atoms with Gasteiger partial charge in [-0.1, -0.05) is 36.4 Å². The maximum Gasteiger partial charge on any atom is 0.228 e. The van der Waals surface area contributed by atoms with Crippen LogP contribution in [-0.4, -0.2) is 5.91 Å². The van der Waals surface area contributed by atoms with Gasteiger partial charge in [-0.25, -0.2) is 0 Å². The molecule has 0 aromatic heterocycles. The Bertz CT molecular complexity index is 597. The first-order valence-electron chi connectivity index (χ1n) is 6.35. The van der Waals surface area contributed by atoms with Gasteiger partial charge in [-0.15, -0.1) is 0 Å². The SMILES string of the molecule is O=C(Nc1cccc(I)c1)C1CC1c1ccccc1. The third kappa shape index (κ3) is 2.97. The largest absolute Gasteiger partial charge is 0.326 e. The van der Waals surface area contributed by atoms with Gasteiger partial charge in [0.25, 0.3) is 0 Å². The molecule has 2 unspecified atom stereocenters. The smallest absolute Gasteiger partial charge is 0.228 e. The Balaban J connectivity index is 1.64. The summed E-state index contributed by atoms with van der Waals surface area (Å²) in [5.41, 5.74) is 2.15. The second kappa shape index (κ2) is 5.33. The number of benzene rings is 2. The minimum absolute atomic E-state index is 0.125. The highest BCUT2D eigenvalue weighted by atomic mass is 127. The maximum absolute atomic E-state index is 12.2. The van der Waals surface area contributed by atoms with Gasteiger partial charge in [-0.05, 0) is 58.7 Å². The molecular formula is C16H14INO. The number of nitrogens with one attached hydrogen (secondary N) is 1. The van der Waals surface area contributed by atoms with E-state index >= 15 is 0 Å². The molecule has 0 saturated heterocycles. The summed E-state index contributed by atoms with van der Waals surface area (Å²) in [5.74, 6) is 0.653. The van der Waals surface area contributed by atoms with E-state index in [0.717, 1.165) is 15.7 Å². The van der Waals surface area contributed by atoms with Crippen LogP contribution in [-0.2, 0) is 4.79 Å². The van der Waals surface area contributed by atoms with E-state index < -0.39 is 0 Å². The van der Waals surface area contributed by atoms with Crippen LogP contribution in [0.25, 0.3) is 0 Å². The van der Waals surface area contributed by atoms with Crippen molar-refractivity contribution >= 4 is 34.2 Å². The predicted molar refractivity (Wildman–Crippen MR) is 85.1 cm³/mol. The van der Waals surface area contributed by atoms with Crippen LogP contribution in [0.15, 0.2) is 54.6 Å². The molecule has 0 spiro atoms. The van der Waals surface area contributed by atoms with Gasteiger partial charge < -0.3 is 5.32 Å². The first-order valence-corrected chi connectivity index (χ1v) is 7.43. The Morgan fingerprint density at radius 3 is 2.63 bits per heavy atom. The molecule has 1 amide bonds. The van der Waals surface area contributed by atoms with Crippen molar-refractivity contribution in [3.05, 3.63) is 63.7 Å². The Kier molecular flexibility index (Phi) is 3.55. The van der Waals surface area contributed by atoms with Gasteiger partial charge in [0.05, 0.1) is 0 Å². The highest BCUT2D eigenvalue weighted by Gasteiger charge is 2.43. The van der Waals surface area contributed by atoms with Crippen molar-refractivity contribution in [3.63, 3.8) is 0 Å². The van der Waals surface area contributed by atoms with Gasteiger partial charge in [-0.3, -0.25) is 4.79 Å². The minimum Gasteiger partial charge on any atom is -0.326 e. The standard InChI is InChI=1S/C16H14INO/c17-12-7-4-8-13(9-12)18-16(19)15-10-14(15)11-5-2-1-3-6-11/h1-9,14-15H,10H2,(H,18,19). The highest BCUT2D eigenvalue weighted by Crippen LogP contribution is 2.47. The summed E-state index contributed by atoms with van der Waals surface area (Å²) in [6.07, 6.45) is 0.958. The van der Waals surface area contributed by atoms with Crippen molar-refractivity contribution in [1.82, 2.24) is 0 Å². The van der Waals surface area contributed by atoms with E-state index in [9.17, 15) is 4.79 Å². The lowest BCUT2D eigenvalue weighted by atomic mass is 10.1. The quantitative estimate of drug-likeness (QED) is 0.820. The zero-order valence-electron chi connectivity index (χ0n) is 10.3. The molecule has 0 aliphatic heterocycles. The fourth-order valence-electron chi connectivity index (χ4n) is 2.35. The Morgan fingerprint density at radius 1 is 1.11 bits per heavy atom. The van der Waals surface area contributed by atoms with Crippen LogP contribution in [0.2, 0.25) is 0 Å². The van der Waals surface area contributed by atoms with E-state index in [4.69, 9.17) is 0 Å². The monoisotopic (exact) mass is 363 g/mol. The number of carbonyl (C=O) groups is 1. The molecule has 0 bridgehead atoms. The van der Waals surface area contributed by atoms with Gasteiger partial charge >= 0.3 is 0 Å². The molecule has 1 N–H and O–H groups in total. The van der Waals surface area contributed by atoms with E-state index in [2.05, 4.69) is 40.0 Å². The number of halogens is 1. The summed E-state index contributed by atoms with van der Waals surface area (Å²) in [6, 6.07) is 18.2. The molecule has 3 heteroatoms. The van der Waals surface area contributed by atoms with E-state index in [-0.39, 0.29) is 11.8 Å². The Labute approximate surface area is 126 Å². The molecular weight excluding hydrogens is 349 g/mol. The number of carbonyl (C=O) groups excluding carboxylic acids is 1. The minimum atomic E-state index is 0.125. The van der Waals surface area contributed by atoms with Gasteiger partial charge in [0.2, 0.25) is 5.91 Å². The second-order valence-electron chi connectivity index (χ2n) is 4.86. The molecule has 3 rings (SSSR count). The van der Waals surface area contributed by atoms with Crippen LogP contribution in [0, 0.1) is 9.49 Å². The molecule has 1 saturated carbocycles. The lowest BCUT2D eigenvalue weighted by molar-refractivity contribution is -0.117. The lowest BCUT2D eigenvalue weighted by Crippen LogP contribution is -2.14. The van der Waals surface area contributed by atoms with Crippen LogP contribution >= 0.6 is 22.6 Å². The third-order valence-electron chi connectivity index (χ3n) is 3.45. The molecule has 2 nitrogen and oxygen atoms in total. The van der Waals surface area contributed by atoms with Crippen LogP contribution in [0.5, 0.6) is 0 Å². The summed E-state index contributed by atoms with van der Waals surface area (Å²) >= 11 is 2.25. The number of anilines is 1. The van der Waals surface area contributed by atoms with Gasteiger partial charge in [0.15, 0.2) is 0 Å². The Hall–Kier alpha value is -1.36. The highest BCUT2D eigenvalue weighted by molar-refractivity contribution is 14.1. The molecule has 2 atom stereocenters. The number of rotatable bonds is 3. The van der Waals surface area contributed by atoms with Crippen LogP contribution in [0.3, 0.4) is 0 Å². The summed E-state index contributed by atoms with van der Waals surface area (Å²) in [5, 5.41) is 3.00. The zero-order valence-corrected chi connectivity index (χ0v) is 12.5. The van der Waals surface area contributed by atoms with E-state index in [1.165, 1.54) is 5.56 Å². The fourth-order valence-corrected chi connectivity index (χ4v) is 2.90. The summed E-state index contributed by atoms with van der Waals surface area (Å²) in [7, 11) is 0. The lowest BCUT2D eigenvalue weighted by Gasteiger charge is -2.05.